The lowest BCUT2D eigenvalue weighted by atomic mass is 9.92. The van der Waals surface area contributed by atoms with Crippen molar-refractivity contribution in [3.8, 4) is 0 Å². The SMILES string of the molecule is CCOC(=O)Cc1c(C(=O)OCC)cc(C)c(C)c1C. The Hall–Kier alpha value is -1.84. The molecular weight excluding hydrogens is 256 g/mol. The number of hydrogen-bond donors (Lipinski definition) is 0. The van der Waals surface area contributed by atoms with Crippen LogP contribution in [0.2, 0.25) is 0 Å². The molecule has 0 N–H and O–H groups in total. The number of aryl methyl sites for hydroxylation is 1. The molecule has 110 valence electrons. The number of carbonyl (C=O) groups is 2. The van der Waals surface area contributed by atoms with Crippen LogP contribution >= 0.6 is 0 Å². The maximum Gasteiger partial charge on any atom is 0.338 e. The van der Waals surface area contributed by atoms with Crippen LogP contribution in [-0.4, -0.2) is 25.2 Å². The highest BCUT2D eigenvalue weighted by atomic mass is 16.5. The van der Waals surface area contributed by atoms with Gasteiger partial charge in [-0.15, -0.1) is 0 Å². The van der Waals surface area contributed by atoms with Crippen LogP contribution in [0.15, 0.2) is 6.07 Å². The second-order valence-electron chi connectivity index (χ2n) is 4.67. The average Bonchev–Trinajstić information content (AvgIpc) is 2.39. The third-order valence-electron chi connectivity index (χ3n) is 3.41. The van der Waals surface area contributed by atoms with Crippen molar-refractivity contribution in [1.82, 2.24) is 0 Å². The van der Waals surface area contributed by atoms with E-state index in [0.717, 1.165) is 16.7 Å². The van der Waals surface area contributed by atoms with Gasteiger partial charge in [0.05, 0.1) is 25.2 Å². The van der Waals surface area contributed by atoms with Crippen LogP contribution in [-0.2, 0) is 20.7 Å². The summed E-state index contributed by atoms with van der Waals surface area (Å²) in [6.07, 6.45) is 0.0922. The van der Waals surface area contributed by atoms with Gasteiger partial charge in [-0.05, 0) is 62.9 Å². The molecule has 0 radical (unpaired) electrons. The first-order chi connectivity index (χ1) is 9.42. The maximum absolute atomic E-state index is 12.0. The van der Waals surface area contributed by atoms with E-state index in [-0.39, 0.29) is 12.4 Å². The van der Waals surface area contributed by atoms with Gasteiger partial charge in [-0.3, -0.25) is 4.79 Å². The minimum Gasteiger partial charge on any atom is -0.466 e. The van der Waals surface area contributed by atoms with Gasteiger partial charge in [-0.25, -0.2) is 4.79 Å². The van der Waals surface area contributed by atoms with Crippen LogP contribution in [0.3, 0.4) is 0 Å². The lowest BCUT2D eigenvalue weighted by molar-refractivity contribution is -0.142. The van der Waals surface area contributed by atoms with Gasteiger partial charge >= 0.3 is 11.9 Å². The lowest BCUT2D eigenvalue weighted by Gasteiger charge is -2.16. The molecule has 1 aromatic carbocycles. The van der Waals surface area contributed by atoms with Gasteiger partial charge in [-0.1, -0.05) is 0 Å². The summed E-state index contributed by atoms with van der Waals surface area (Å²) in [5.74, 6) is -0.720. The first-order valence-corrected chi connectivity index (χ1v) is 6.84. The summed E-state index contributed by atoms with van der Waals surface area (Å²) in [5, 5.41) is 0. The molecule has 0 aliphatic carbocycles. The molecule has 0 amide bonds. The predicted octanol–water partition coefficient (Wildman–Crippen LogP) is 2.89. The first kappa shape index (κ1) is 16.2. The highest BCUT2D eigenvalue weighted by molar-refractivity contribution is 5.93. The Morgan fingerprint density at radius 2 is 1.60 bits per heavy atom. The summed E-state index contributed by atoms with van der Waals surface area (Å²) < 4.78 is 10.0. The summed E-state index contributed by atoms with van der Waals surface area (Å²) in [7, 11) is 0. The Labute approximate surface area is 120 Å². The summed E-state index contributed by atoms with van der Waals surface area (Å²) in [6, 6.07) is 1.79. The van der Waals surface area contributed by atoms with Gasteiger partial charge in [0.25, 0.3) is 0 Å². The topological polar surface area (TPSA) is 52.6 Å². The van der Waals surface area contributed by atoms with Crippen molar-refractivity contribution >= 4 is 11.9 Å². The average molecular weight is 278 g/mol. The molecule has 0 saturated heterocycles. The molecule has 0 aromatic heterocycles. The molecule has 0 bridgehead atoms. The minimum absolute atomic E-state index is 0.0922. The molecule has 0 aliphatic heterocycles. The number of carbonyl (C=O) groups excluding carboxylic acids is 2. The molecule has 1 aromatic rings. The summed E-state index contributed by atoms with van der Waals surface area (Å²) >= 11 is 0. The zero-order valence-corrected chi connectivity index (χ0v) is 12.8. The maximum atomic E-state index is 12.0. The summed E-state index contributed by atoms with van der Waals surface area (Å²) in [4.78, 5) is 23.8. The number of benzene rings is 1. The quantitative estimate of drug-likeness (QED) is 0.777. The molecule has 0 saturated carbocycles. The molecule has 4 heteroatoms. The minimum atomic E-state index is -0.391. The van der Waals surface area contributed by atoms with Gasteiger partial charge in [0, 0.05) is 0 Å². The number of ether oxygens (including phenoxy) is 2. The second kappa shape index (κ2) is 7.08. The molecule has 0 fully saturated rings. The van der Waals surface area contributed by atoms with Crippen LogP contribution in [0.5, 0.6) is 0 Å². The summed E-state index contributed by atoms with van der Waals surface area (Å²) in [6.45, 7) is 10.0. The molecular formula is C16H22O4. The normalized spacial score (nSPS) is 10.2. The molecule has 0 aliphatic rings. The standard InChI is InChI=1S/C16H22O4/c1-6-19-15(17)9-13-12(5)11(4)10(3)8-14(13)16(18)20-7-2/h8H,6-7,9H2,1-5H3. The number of hydrogen-bond acceptors (Lipinski definition) is 4. The van der Waals surface area contributed by atoms with E-state index in [0.29, 0.717) is 24.3 Å². The first-order valence-electron chi connectivity index (χ1n) is 6.84. The van der Waals surface area contributed by atoms with Gasteiger partial charge in [-0.2, -0.15) is 0 Å². The lowest BCUT2D eigenvalue weighted by Crippen LogP contribution is -2.16. The third-order valence-corrected chi connectivity index (χ3v) is 3.41. The predicted molar refractivity (Wildman–Crippen MR) is 76.9 cm³/mol. The van der Waals surface area contributed by atoms with Crippen molar-refractivity contribution < 1.29 is 19.1 Å². The molecule has 0 atom stereocenters. The van der Waals surface area contributed by atoms with E-state index in [4.69, 9.17) is 9.47 Å². The van der Waals surface area contributed by atoms with Crippen molar-refractivity contribution in [1.29, 1.82) is 0 Å². The Bertz CT molecular complexity index is 518. The zero-order valence-electron chi connectivity index (χ0n) is 12.8. The molecule has 20 heavy (non-hydrogen) atoms. The molecule has 0 spiro atoms. The van der Waals surface area contributed by atoms with E-state index in [1.807, 2.05) is 20.8 Å². The molecule has 0 unspecified atom stereocenters. The van der Waals surface area contributed by atoms with E-state index in [1.54, 1.807) is 19.9 Å². The fourth-order valence-corrected chi connectivity index (χ4v) is 2.11. The third kappa shape index (κ3) is 3.59. The van der Waals surface area contributed by atoms with Crippen LogP contribution in [0, 0.1) is 20.8 Å². The van der Waals surface area contributed by atoms with Crippen molar-refractivity contribution in [2.24, 2.45) is 0 Å². The largest absolute Gasteiger partial charge is 0.466 e. The Balaban J connectivity index is 3.27. The van der Waals surface area contributed by atoms with Crippen molar-refractivity contribution in [3.63, 3.8) is 0 Å². The van der Waals surface area contributed by atoms with E-state index in [2.05, 4.69) is 0 Å². The van der Waals surface area contributed by atoms with E-state index in [1.165, 1.54) is 0 Å². The van der Waals surface area contributed by atoms with Gasteiger partial charge in [0.1, 0.15) is 0 Å². The van der Waals surface area contributed by atoms with Crippen LogP contribution in [0.1, 0.15) is 46.5 Å². The van der Waals surface area contributed by atoms with Gasteiger partial charge in [0.15, 0.2) is 0 Å². The Morgan fingerprint density at radius 1 is 1.00 bits per heavy atom. The van der Waals surface area contributed by atoms with Crippen LogP contribution in [0.25, 0.3) is 0 Å². The fourth-order valence-electron chi connectivity index (χ4n) is 2.11. The van der Waals surface area contributed by atoms with Crippen LogP contribution in [0.4, 0.5) is 0 Å². The van der Waals surface area contributed by atoms with E-state index < -0.39 is 5.97 Å². The highest BCUT2D eigenvalue weighted by Crippen LogP contribution is 2.23. The molecule has 0 heterocycles. The van der Waals surface area contributed by atoms with Crippen molar-refractivity contribution in [2.45, 2.75) is 41.0 Å². The fraction of sp³-hybridized carbons (Fsp3) is 0.500. The highest BCUT2D eigenvalue weighted by Gasteiger charge is 2.20. The van der Waals surface area contributed by atoms with E-state index in [9.17, 15) is 9.59 Å². The van der Waals surface area contributed by atoms with Crippen molar-refractivity contribution in [2.75, 3.05) is 13.2 Å². The van der Waals surface area contributed by atoms with E-state index >= 15 is 0 Å². The molecule has 4 nitrogen and oxygen atoms in total. The Kier molecular flexibility index (Phi) is 5.74. The smallest absolute Gasteiger partial charge is 0.338 e. The number of rotatable bonds is 5. The summed E-state index contributed by atoms with van der Waals surface area (Å²) in [5.41, 5.74) is 4.20. The monoisotopic (exact) mass is 278 g/mol. The van der Waals surface area contributed by atoms with Gasteiger partial charge in [0.2, 0.25) is 0 Å². The molecule has 1 rings (SSSR count). The van der Waals surface area contributed by atoms with Crippen molar-refractivity contribution in [3.05, 3.63) is 33.9 Å². The van der Waals surface area contributed by atoms with Crippen LogP contribution < -0.4 is 0 Å². The zero-order chi connectivity index (χ0) is 15.3. The van der Waals surface area contributed by atoms with Gasteiger partial charge < -0.3 is 9.47 Å². The Morgan fingerprint density at radius 3 is 2.15 bits per heavy atom. The second-order valence-corrected chi connectivity index (χ2v) is 4.67. The number of esters is 2.